The van der Waals surface area contributed by atoms with E-state index in [-0.39, 0.29) is 17.3 Å². The largest absolute Gasteiger partial charge is 0.326 e. The number of anilines is 1. The zero-order valence-corrected chi connectivity index (χ0v) is 17.3. The van der Waals surface area contributed by atoms with Gasteiger partial charge in [-0.15, -0.1) is 0 Å². The molecule has 2 heterocycles. The number of sulfonamides is 1. The number of piperidine rings is 1. The topological polar surface area (TPSA) is 92.3 Å². The Kier molecular flexibility index (Phi) is 5.32. The minimum absolute atomic E-state index is 0.0659. The molecule has 1 aliphatic rings. The number of nitrogens with one attached hydrogen (secondary N) is 1. The van der Waals surface area contributed by atoms with Crippen molar-refractivity contribution in [1.82, 2.24) is 13.1 Å². The van der Waals surface area contributed by atoms with E-state index in [1.165, 1.54) is 16.4 Å². The lowest BCUT2D eigenvalue weighted by atomic mass is 9.98. The summed E-state index contributed by atoms with van der Waals surface area (Å²) in [5, 5.41) is 2.70. The fourth-order valence-corrected chi connectivity index (χ4v) is 5.69. The average Bonchev–Trinajstić information content (AvgIpc) is 3.19. The molecule has 1 aromatic heterocycles. The lowest BCUT2D eigenvalue weighted by molar-refractivity contribution is -0.120. The highest BCUT2D eigenvalue weighted by Crippen LogP contribution is 2.28. The zero-order valence-electron chi connectivity index (χ0n) is 15.6. The van der Waals surface area contributed by atoms with Crippen LogP contribution < -0.4 is 5.32 Å². The normalized spacial score (nSPS) is 18.1. The second-order valence-electron chi connectivity index (χ2n) is 7.04. The highest BCUT2D eigenvalue weighted by atomic mass is 32.2. The Hall–Kier alpha value is -2.43. The van der Waals surface area contributed by atoms with Gasteiger partial charge in [0, 0.05) is 18.8 Å². The Morgan fingerprint density at radius 1 is 1.28 bits per heavy atom. The Balaban J connectivity index is 1.53. The quantitative estimate of drug-likeness (QED) is 0.681. The van der Waals surface area contributed by atoms with Crippen LogP contribution in [0.4, 0.5) is 10.1 Å². The molecule has 0 aliphatic carbocycles. The van der Waals surface area contributed by atoms with Gasteiger partial charge in [-0.05, 0) is 49.6 Å². The first-order valence-corrected chi connectivity index (χ1v) is 11.3. The first kappa shape index (κ1) is 19.9. The van der Waals surface area contributed by atoms with Crippen LogP contribution in [0.5, 0.6) is 0 Å². The monoisotopic (exact) mass is 434 g/mol. The summed E-state index contributed by atoms with van der Waals surface area (Å²) in [7, 11) is -3.81. The molecule has 0 bridgehead atoms. The van der Waals surface area contributed by atoms with Gasteiger partial charge >= 0.3 is 0 Å². The Labute approximate surface area is 171 Å². The van der Waals surface area contributed by atoms with E-state index in [1.54, 1.807) is 31.2 Å². The third kappa shape index (κ3) is 3.87. The van der Waals surface area contributed by atoms with Gasteiger partial charge in [-0.3, -0.25) is 4.79 Å². The average molecular weight is 435 g/mol. The maximum absolute atomic E-state index is 13.7. The van der Waals surface area contributed by atoms with Gasteiger partial charge in [-0.1, -0.05) is 12.1 Å². The van der Waals surface area contributed by atoms with Gasteiger partial charge in [-0.25, -0.2) is 12.8 Å². The molecule has 4 rings (SSSR count). The van der Waals surface area contributed by atoms with Gasteiger partial charge in [0.2, 0.25) is 15.9 Å². The predicted octanol–water partition coefficient (Wildman–Crippen LogP) is 3.18. The van der Waals surface area contributed by atoms with Gasteiger partial charge in [0.15, 0.2) is 0 Å². The predicted molar refractivity (Wildman–Crippen MR) is 109 cm³/mol. The van der Waals surface area contributed by atoms with E-state index < -0.39 is 21.8 Å². The first-order chi connectivity index (χ1) is 13.9. The molecule has 1 fully saturated rings. The van der Waals surface area contributed by atoms with E-state index in [1.807, 2.05) is 0 Å². The Morgan fingerprint density at radius 2 is 2.10 bits per heavy atom. The smallest absolute Gasteiger partial charge is 0.245 e. The number of halogens is 1. The van der Waals surface area contributed by atoms with Crippen LogP contribution in [0.2, 0.25) is 0 Å². The molecule has 1 aliphatic heterocycles. The highest BCUT2D eigenvalue weighted by Gasteiger charge is 2.34. The lowest BCUT2D eigenvalue weighted by Gasteiger charge is -2.31. The first-order valence-electron chi connectivity index (χ1n) is 9.15. The van der Waals surface area contributed by atoms with Crippen LogP contribution >= 0.6 is 11.7 Å². The summed E-state index contributed by atoms with van der Waals surface area (Å²) in [4.78, 5) is 12.8. The number of aromatic nitrogens is 2. The molecule has 29 heavy (non-hydrogen) atoms. The Bertz CT molecular complexity index is 1180. The lowest BCUT2D eigenvalue weighted by Crippen LogP contribution is -2.43. The summed E-state index contributed by atoms with van der Waals surface area (Å²) in [6.07, 6.45) is 1.12. The molecular weight excluding hydrogens is 415 g/mol. The summed E-state index contributed by atoms with van der Waals surface area (Å²) in [6.45, 7) is 2.04. The van der Waals surface area contributed by atoms with Crippen LogP contribution in [0.15, 0.2) is 41.3 Å². The number of amides is 1. The molecule has 0 spiro atoms. The maximum Gasteiger partial charge on any atom is 0.245 e. The molecule has 2 aromatic carbocycles. The molecule has 152 valence electrons. The van der Waals surface area contributed by atoms with Gasteiger partial charge < -0.3 is 5.32 Å². The van der Waals surface area contributed by atoms with Crippen LogP contribution in [0, 0.1) is 18.7 Å². The summed E-state index contributed by atoms with van der Waals surface area (Å²) >= 11 is 0.961. The number of aryl methyl sites for hydroxylation is 1. The van der Waals surface area contributed by atoms with Crippen LogP contribution in [0.3, 0.4) is 0 Å². The van der Waals surface area contributed by atoms with E-state index >= 15 is 0 Å². The van der Waals surface area contributed by atoms with Crippen molar-refractivity contribution in [3.8, 4) is 0 Å². The fourth-order valence-electron chi connectivity index (χ4n) is 3.42. The van der Waals surface area contributed by atoms with Crippen molar-refractivity contribution in [3.05, 3.63) is 47.8 Å². The molecule has 3 aromatic rings. The second kappa shape index (κ2) is 7.77. The molecule has 0 radical (unpaired) electrons. The van der Waals surface area contributed by atoms with Crippen molar-refractivity contribution < 1.29 is 17.6 Å². The van der Waals surface area contributed by atoms with Crippen LogP contribution in [0.1, 0.15) is 18.4 Å². The van der Waals surface area contributed by atoms with Gasteiger partial charge in [0.05, 0.1) is 17.6 Å². The number of fused-ring (bicyclic) bond motifs is 1. The minimum Gasteiger partial charge on any atom is -0.326 e. The number of hydrogen-bond donors (Lipinski definition) is 1. The van der Waals surface area contributed by atoms with E-state index in [4.69, 9.17) is 0 Å². The van der Waals surface area contributed by atoms with Crippen LogP contribution in [-0.4, -0.2) is 40.5 Å². The van der Waals surface area contributed by atoms with E-state index in [0.717, 1.165) is 11.7 Å². The SMILES string of the molecule is Cc1ccc(NC(=O)[C@H]2CCCN(S(=O)(=O)c3cccc4nsnc34)C2)cc1F. The van der Waals surface area contributed by atoms with Crippen molar-refractivity contribution in [2.75, 3.05) is 18.4 Å². The fraction of sp³-hybridized carbons (Fsp3) is 0.316. The van der Waals surface area contributed by atoms with Crippen molar-refractivity contribution >= 4 is 44.4 Å². The molecular formula is C19H19FN4O3S2. The van der Waals surface area contributed by atoms with Crippen molar-refractivity contribution in [1.29, 1.82) is 0 Å². The number of carbonyl (C=O) groups excluding carboxylic acids is 1. The summed E-state index contributed by atoms with van der Waals surface area (Å²) in [6, 6.07) is 9.34. The number of carbonyl (C=O) groups is 1. The molecule has 1 N–H and O–H groups in total. The number of benzene rings is 2. The van der Waals surface area contributed by atoms with Crippen molar-refractivity contribution in [3.63, 3.8) is 0 Å². The van der Waals surface area contributed by atoms with Crippen molar-refractivity contribution in [2.45, 2.75) is 24.7 Å². The summed E-state index contributed by atoms with van der Waals surface area (Å²) < 4.78 is 49.6. The number of nitrogens with zero attached hydrogens (tertiary/aromatic N) is 3. The number of hydrogen-bond acceptors (Lipinski definition) is 6. The maximum atomic E-state index is 13.7. The van der Waals surface area contributed by atoms with E-state index in [2.05, 4.69) is 14.1 Å². The highest BCUT2D eigenvalue weighted by molar-refractivity contribution is 7.89. The van der Waals surface area contributed by atoms with Crippen LogP contribution in [-0.2, 0) is 14.8 Å². The van der Waals surface area contributed by atoms with Gasteiger partial charge in [0.25, 0.3) is 0 Å². The molecule has 1 atom stereocenters. The molecule has 1 saturated heterocycles. The standard InChI is InChI=1S/C19H19FN4O3S2/c1-12-7-8-14(10-15(12)20)21-19(25)13-4-3-9-24(11-13)29(26,27)17-6-2-5-16-18(17)23-28-22-16/h2,5-8,10,13H,3-4,9,11H2,1H3,(H,21,25)/t13-/m0/s1. The second-order valence-corrected chi connectivity index (χ2v) is 9.48. The molecule has 0 saturated carbocycles. The Morgan fingerprint density at radius 3 is 2.90 bits per heavy atom. The van der Waals surface area contributed by atoms with Crippen LogP contribution in [0.25, 0.3) is 11.0 Å². The summed E-state index contributed by atoms with van der Waals surface area (Å²) in [5.74, 6) is -1.24. The van der Waals surface area contributed by atoms with E-state index in [9.17, 15) is 17.6 Å². The van der Waals surface area contributed by atoms with Gasteiger partial charge in [0.1, 0.15) is 21.7 Å². The number of rotatable bonds is 4. The summed E-state index contributed by atoms with van der Waals surface area (Å²) in [5.41, 5.74) is 1.73. The minimum atomic E-state index is -3.81. The van der Waals surface area contributed by atoms with Gasteiger partial charge in [-0.2, -0.15) is 13.1 Å². The molecule has 0 unspecified atom stereocenters. The molecule has 10 heteroatoms. The third-order valence-corrected chi connectivity index (χ3v) is 7.50. The molecule has 1 amide bonds. The van der Waals surface area contributed by atoms with E-state index in [0.29, 0.717) is 41.7 Å². The zero-order chi connectivity index (χ0) is 20.6. The third-order valence-electron chi connectivity index (χ3n) is 5.06. The molecule has 7 nitrogen and oxygen atoms in total. The van der Waals surface area contributed by atoms with Crippen molar-refractivity contribution in [2.24, 2.45) is 5.92 Å².